The zero-order chi connectivity index (χ0) is 14.8. The van der Waals surface area contributed by atoms with E-state index in [1.807, 2.05) is 41.0 Å². The summed E-state index contributed by atoms with van der Waals surface area (Å²) in [4.78, 5) is 1.72. The van der Waals surface area contributed by atoms with Crippen molar-refractivity contribution in [3.8, 4) is 0 Å². The molecule has 3 rings (SSSR count). The molecule has 1 heterocycles. The Labute approximate surface area is 127 Å². The maximum atomic E-state index is 12.9. The second-order valence-electron chi connectivity index (χ2n) is 5.18. The molecule has 21 heavy (non-hydrogen) atoms. The third-order valence-electron chi connectivity index (χ3n) is 3.42. The van der Waals surface area contributed by atoms with E-state index < -0.39 is 0 Å². The maximum Gasteiger partial charge on any atom is 0.274 e. The monoisotopic (exact) mass is 303 g/mol. The Hall–Kier alpha value is -1.98. The smallest absolute Gasteiger partial charge is 0.274 e. The van der Waals surface area contributed by atoms with Gasteiger partial charge in [-0.25, -0.2) is 4.39 Å². The molecule has 5 heteroatoms. The fraction of sp³-hybridized carbons (Fsp3) is 0.188. The zero-order valence-electron chi connectivity index (χ0n) is 11.7. The molecular formula is C16H16FN2OS+. The summed E-state index contributed by atoms with van der Waals surface area (Å²) in [6.07, 6.45) is 0. The molecule has 0 saturated heterocycles. The second kappa shape index (κ2) is 5.79. The average Bonchev–Trinajstić information content (AvgIpc) is 2.78. The lowest BCUT2D eigenvalue weighted by Gasteiger charge is -2.14. The standard InChI is InChI=1S/C16H15FN2OS/c1-18(10-12-6-8-13(17)9-7-12)11-19-14-4-2-3-5-15(14)20-16(19)21/h2-9H,10-11H2,1H3/p+1. The van der Waals surface area contributed by atoms with Crippen LogP contribution in [0.15, 0.2) is 52.9 Å². The summed E-state index contributed by atoms with van der Waals surface area (Å²) < 4.78 is 20.5. The number of oxazole rings is 1. The Kier molecular flexibility index (Phi) is 3.86. The van der Waals surface area contributed by atoms with Gasteiger partial charge in [0.05, 0.1) is 12.6 Å². The number of fused-ring (bicyclic) bond motifs is 1. The van der Waals surface area contributed by atoms with Crippen LogP contribution in [0, 0.1) is 10.7 Å². The molecule has 1 unspecified atom stereocenters. The third kappa shape index (κ3) is 3.04. The van der Waals surface area contributed by atoms with E-state index in [9.17, 15) is 4.39 Å². The van der Waals surface area contributed by atoms with Crippen LogP contribution in [-0.4, -0.2) is 11.6 Å². The highest BCUT2D eigenvalue weighted by atomic mass is 32.1. The van der Waals surface area contributed by atoms with Gasteiger partial charge in [0.15, 0.2) is 12.3 Å². The van der Waals surface area contributed by atoms with Crippen LogP contribution in [0.4, 0.5) is 4.39 Å². The predicted molar refractivity (Wildman–Crippen MR) is 82.0 cm³/mol. The Morgan fingerprint density at radius 2 is 1.86 bits per heavy atom. The summed E-state index contributed by atoms with van der Waals surface area (Å²) in [5.74, 6) is -0.209. The molecule has 1 aromatic heterocycles. The number of quaternary nitrogens is 1. The van der Waals surface area contributed by atoms with Crippen LogP contribution in [0.3, 0.4) is 0 Å². The number of hydrogen-bond acceptors (Lipinski definition) is 2. The number of aromatic nitrogens is 1. The highest BCUT2D eigenvalue weighted by molar-refractivity contribution is 7.71. The van der Waals surface area contributed by atoms with Crippen LogP contribution < -0.4 is 4.90 Å². The molecule has 1 N–H and O–H groups in total. The molecule has 0 fully saturated rings. The first-order valence-electron chi connectivity index (χ1n) is 6.77. The summed E-state index contributed by atoms with van der Waals surface area (Å²) in [5.41, 5.74) is 2.89. The highest BCUT2D eigenvalue weighted by Gasteiger charge is 2.11. The molecule has 0 spiro atoms. The summed E-state index contributed by atoms with van der Waals surface area (Å²) >= 11 is 5.29. The zero-order valence-corrected chi connectivity index (χ0v) is 12.5. The van der Waals surface area contributed by atoms with Gasteiger partial charge >= 0.3 is 0 Å². The van der Waals surface area contributed by atoms with Crippen LogP contribution in [-0.2, 0) is 13.2 Å². The Morgan fingerprint density at radius 1 is 1.14 bits per heavy atom. The van der Waals surface area contributed by atoms with Gasteiger partial charge in [-0.1, -0.05) is 24.3 Å². The number of benzene rings is 2. The Bertz CT molecular complexity index is 807. The summed E-state index contributed by atoms with van der Waals surface area (Å²) in [7, 11) is 2.08. The minimum absolute atomic E-state index is 0.209. The van der Waals surface area contributed by atoms with Gasteiger partial charge in [-0.3, -0.25) is 4.57 Å². The molecule has 1 atom stereocenters. The largest absolute Gasteiger partial charge is 0.429 e. The van der Waals surface area contributed by atoms with Gasteiger partial charge in [-0.05, 0) is 36.5 Å². The van der Waals surface area contributed by atoms with Crippen LogP contribution in [0.2, 0.25) is 0 Å². The number of para-hydroxylation sites is 2. The van der Waals surface area contributed by atoms with Crippen molar-refractivity contribution in [2.75, 3.05) is 7.05 Å². The second-order valence-corrected chi connectivity index (χ2v) is 5.53. The van der Waals surface area contributed by atoms with Crippen molar-refractivity contribution < 1.29 is 13.7 Å². The SMILES string of the molecule is C[NH+](Cc1ccc(F)cc1)Cn1c(=S)oc2ccccc21. The van der Waals surface area contributed by atoms with E-state index >= 15 is 0 Å². The van der Waals surface area contributed by atoms with Crippen LogP contribution >= 0.6 is 12.2 Å². The predicted octanol–water partition coefficient (Wildman–Crippen LogP) is 2.78. The fourth-order valence-corrected chi connectivity index (χ4v) is 2.69. The van der Waals surface area contributed by atoms with Crippen molar-refractivity contribution in [1.82, 2.24) is 4.57 Å². The third-order valence-corrected chi connectivity index (χ3v) is 3.72. The lowest BCUT2D eigenvalue weighted by molar-refractivity contribution is -0.916. The molecule has 0 amide bonds. The summed E-state index contributed by atoms with van der Waals surface area (Å²) in [5, 5.41) is 0. The molecule has 0 aliphatic rings. The van der Waals surface area contributed by atoms with Gasteiger partial charge < -0.3 is 9.32 Å². The number of hydrogen-bond donors (Lipinski definition) is 1. The molecular weight excluding hydrogens is 287 g/mol. The first-order chi connectivity index (χ1) is 10.1. The van der Waals surface area contributed by atoms with Gasteiger partial charge in [-0.2, -0.15) is 0 Å². The maximum absolute atomic E-state index is 12.9. The van der Waals surface area contributed by atoms with Crippen molar-refractivity contribution in [3.63, 3.8) is 0 Å². The van der Waals surface area contributed by atoms with E-state index in [2.05, 4.69) is 7.05 Å². The Morgan fingerprint density at radius 3 is 2.62 bits per heavy atom. The molecule has 3 aromatic rings. The topological polar surface area (TPSA) is 22.5 Å². The van der Waals surface area contributed by atoms with Crippen LogP contribution in [0.25, 0.3) is 11.1 Å². The minimum atomic E-state index is -0.209. The number of nitrogens with one attached hydrogen (secondary N) is 1. The van der Waals surface area contributed by atoms with Crippen LogP contribution in [0.5, 0.6) is 0 Å². The van der Waals surface area contributed by atoms with Gasteiger partial charge in [0.1, 0.15) is 12.4 Å². The lowest BCUT2D eigenvalue weighted by Crippen LogP contribution is -3.06. The van der Waals surface area contributed by atoms with Crippen molar-refractivity contribution in [3.05, 3.63) is 64.7 Å². The minimum Gasteiger partial charge on any atom is -0.429 e. The number of nitrogens with zero attached hydrogens (tertiary/aromatic N) is 1. The molecule has 0 aliphatic heterocycles. The van der Waals surface area contributed by atoms with Gasteiger partial charge in [-0.15, -0.1) is 0 Å². The van der Waals surface area contributed by atoms with E-state index in [4.69, 9.17) is 16.6 Å². The fourth-order valence-electron chi connectivity index (χ4n) is 2.44. The van der Waals surface area contributed by atoms with E-state index in [0.717, 1.165) is 23.2 Å². The molecule has 0 aliphatic carbocycles. The van der Waals surface area contributed by atoms with Crippen molar-refractivity contribution in [2.45, 2.75) is 13.2 Å². The molecule has 0 radical (unpaired) electrons. The van der Waals surface area contributed by atoms with E-state index in [-0.39, 0.29) is 5.82 Å². The van der Waals surface area contributed by atoms with Crippen molar-refractivity contribution in [2.24, 2.45) is 0 Å². The molecule has 2 aromatic carbocycles. The molecule has 0 saturated carbocycles. The van der Waals surface area contributed by atoms with Gasteiger partial charge in [0, 0.05) is 5.56 Å². The van der Waals surface area contributed by atoms with E-state index in [1.54, 1.807) is 0 Å². The normalized spacial score (nSPS) is 12.7. The average molecular weight is 303 g/mol. The van der Waals surface area contributed by atoms with Crippen molar-refractivity contribution in [1.29, 1.82) is 0 Å². The first kappa shape index (κ1) is 14.0. The molecule has 0 bridgehead atoms. The molecule has 3 nitrogen and oxygen atoms in total. The summed E-state index contributed by atoms with van der Waals surface area (Å²) in [6.45, 7) is 1.49. The van der Waals surface area contributed by atoms with E-state index in [0.29, 0.717) is 11.5 Å². The van der Waals surface area contributed by atoms with Crippen molar-refractivity contribution >= 4 is 23.3 Å². The number of rotatable bonds is 4. The number of halogens is 1. The van der Waals surface area contributed by atoms with Crippen LogP contribution in [0.1, 0.15) is 5.56 Å². The Balaban J connectivity index is 1.80. The summed E-state index contributed by atoms with van der Waals surface area (Å²) in [6, 6.07) is 14.4. The van der Waals surface area contributed by atoms with Gasteiger partial charge in [0.2, 0.25) is 0 Å². The quantitative estimate of drug-likeness (QED) is 0.749. The lowest BCUT2D eigenvalue weighted by atomic mass is 10.2. The highest BCUT2D eigenvalue weighted by Crippen LogP contribution is 2.15. The first-order valence-corrected chi connectivity index (χ1v) is 7.18. The van der Waals surface area contributed by atoms with Gasteiger partial charge in [0.25, 0.3) is 4.84 Å². The van der Waals surface area contributed by atoms with E-state index in [1.165, 1.54) is 17.0 Å². The molecule has 108 valence electrons.